The molecule has 0 spiro atoms. The second-order valence-electron chi connectivity index (χ2n) is 3.33. The second kappa shape index (κ2) is 4.61. The molecule has 16 heavy (non-hydrogen) atoms. The molecule has 0 aliphatic carbocycles. The van der Waals surface area contributed by atoms with Gasteiger partial charge in [-0.2, -0.15) is 0 Å². The standard InChI is InChI=1S/C10H11BrN4O/c1-15-6-7(10(14-15)16-2)3-9-12-4-8(11)5-13-9/h4-6H,3H2,1-2H3. The van der Waals surface area contributed by atoms with Crippen molar-refractivity contribution >= 4 is 15.9 Å². The van der Waals surface area contributed by atoms with Gasteiger partial charge >= 0.3 is 0 Å². The molecule has 0 saturated heterocycles. The van der Waals surface area contributed by atoms with Gasteiger partial charge in [-0.25, -0.2) is 9.97 Å². The zero-order valence-electron chi connectivity index (χ0n) is 9.01. The van der Waals surface area contributed by atoms with Crippen LogP contribution in [0.1, 0.15) is 11.4 Å². The Morgan fingerprint density at radius 1 is 1.38 bits per heavy atom. The summed E-state index contributed by atoms with van der Waals surface area (Å²) in [6.45, 7) is 0. The Morgan fingerprint density at radius 3 is 2.69 bits per heavy atom. The molecule has 0 bridgehead atoms. The van der Waals surface area contributed by atoms with Crippen LogP contribution < -0.4 is 4.74 Å². The van der Waals surface area contributed by atoms with Crippen molar-refractivity contribution in [3.63, 3.8) is 0 Å². The lowest BCUT2D eigenvalue weighted by atomic mass is 10.2. The van der Waals surface area contributed by atoms with E-state index in [9.17, 15) is 0 Å². The summed E-state index contributed by atoms with van der Waals surface area (Å²) in [6.07, 6.45) is 5.98. The maximum Gasteiger partial charge on any atom is 0.236 e. The van der Waals surface area contributed by atoms with Gasteiger partial charge in [0, 0.05) is 37.6 Å². The van der Waals surface area contributed by atoms with Gasteiger partial charge in [-0.3, -0.25) is 4.68 Å². The summed E-state index contributed by atoms with van der Waals surface area (Å²) in [6, 6.07) is 0. The predicted octanol–water partition coefficient (Wildman–Crippen LogP) is 1.57. The molecule has 84 valence electrons. The van der Waals surface area contributed by atoms with Crippen LogP contribution in [0.15, 0.2) is 23.1 Å². The van der Waals surface area contributed by atoms with E-state index in [-0.39, 0.29) is 0 Å². The SMILES string of the molecule is COc1nn(C)cc1Cc1ncc(Br)cn1. The number of rotatable bonds is 3. The van der Waals surface area contributed by atoms with Gasteiger partial charge in [0.05, 0.1) is 11.6 Å². The Kier molecular flexibility index (Phi) is 3.19. The van der Waals surface area contributed by atoms with Crippen molar-refractivity contribution in [3.8, 4) is 5.88 Å². The molecule has 0 aromatic carbocycles. The van der Waals surface area contributed by atoms with Crippen molar-refractivity contribution in [2.75, 3.05) is 7.11 Å². The normalized spacial score (nSPS) is 10.4. The van der Waals surface area contributed by atoms with Crippen molar-refractivity contribution in [3.05, 3.63) is 34.5 Å². The molecule has 0 saturated carbocycles. The Balaban J connectivity index is 2.22. The predicted molar refractivity (Wildman–Crippen MR) is 62.3 cm³/mol. The summed E-state index contributed by atoms with van der Waals surface area (Å²) in [7, 11) is 3.46. The summed E-state index contributed by atoms with van der Waals surface area (Å²) >= 11 is 3.30. The minimum Gasteiger partial charge on any atom is -0.480 e. The van der Waals surface area contributed by atoms with Crippen LogP contribution in [0.2, 0.25) is 0 Å². The largest absolute Gasteiger partial charge is 0.480 e. The molecule has 0 amide bonds. The summed E-state index contributed by atoms with van der Waals surface area (Å²) in [5.74, 6) is 1.36. The van der Waals surface area contributed by atoms with Gasteiger partial charge < -0.3 is 4.74 Å². The monoisotopic (exact) mass is 282 g/mol. The third-order valence-corrected chi connectivity index (χ3v) is 2.49. The number of halogens is 1. The molecule has 2 heterocycles. The quantitative estimate of drug-likeness (QED) is 0.858. The average molecular weight is 283 g/mol. The van der Waals surface area contributed by atoms with Crippen LogP contribution in [0.25, 0.3) is 0 Å². The highest BCUT2D eigenvalue weighted by Crippen LogP contribution is 2.17. The molecule has 0 N–H and O–H groups in total. The van der Waals surface area contributed by atoms with Gasteiger partial charge in [-0.1, -0.05) is 0 Å². The van der Waals surface area contributed by atoms with Crippen molar-refractivity contribution in [2.24, 2.45) is 7.05 Å². The fourth-order valence-corrected chi connectivity index (χ4v) is 1.62. The van der Waals surface area contributed by atoms with Crippen LogP contribution in [0.3, 0.4) is 0 Å². The molecule has 2 rings (SSSR count). The highest BCUT2D eigenvalue weighted by atomic mass is 79.9. The Labute approximate surface area is 102 Å². The molecular formula is C10H11BrN4O. The second-order valence-corrected chi connectivity index (χ2v) is 4.25. The molecule has 6 heteroatoms. The summed E-state index contributed by atoms with van der Waals surface area (Å²) in [5.41, 5.74) is 0.979. The number of ether oxygens (including phenoxy) is 1. The van der Waals surface area contributed by atoms with Gasteiger partial charge in [0.25, 0.3) is 0 Å². The van der Waals surface area contributed by atoms with E-state index in [0.717, 1.165) is 15.9 Å². The van der Waals surface area contributed by atoms with Gasteiger partial charge in [-0.05, 0) is 15.9 Å². The van der Waals surface area contributed by atoms with Crippen LogP contribution >= 0.6 is 15.9 Å². The highest BCUT2D eigenvalue weighted by Gasteiger charge is 2.09. The molecular weight excluding hydrogens is 272 g/mol. The summed E-state index contributed by atoms with van der Waals surface area (Å²) < 4.78 is 7.75. The lowest BCUT2D eigenvalue weighted by Gasteiger charge is -1.99. The Bertz CT molecular complexity index is 480. The third kappa shape index (κ3) is 2.38. The zero-order valence-corrected chi connectivity index (χ0v) is 10.6. The molecule has 2 aromatic heterocycles. The fraction of sp³-hybridized carbons (Fsp3) is 0.300. The van der Waals surface area contributed by atoms with Crippen molar-refractivity contribution in [2.45, 2.75) is 6.42 Å². The maximum atomic E-state index is 5.17. The molecule has 0 aliphatic rings. The average Bonchev–Trinajstić information content (AvgIpc) is 2.62. The highest BCUT2D eigenvalue weighted by molar-refractivity contribution is 9.10. The van der Waals surface area contributed by atoms with Crippen LogP contribution in [0, 0.1) is 0 Å². The Morgan fingerprint density at radius 2 is 2.06 bits per heavy atom. The third-order valence-electron chi connectivity index (χ3n) is 2.08. The van der Waals surface area contributed by atoms with Crippen LogP contribution in [0.4, 0.5) is 0 Å². The molecule has 0 aliphatic heterocycles. The van der Waals surface area contributed by atoms with Crippen molar-refractivity contribution in [1.82, 2.24) is 19.7 Å². The topological polar surface area (TPSA) is 52.8 Å². The van der Waals surface area contributed by atoms with E-state index in [2.05, 4.69) is 31.0 Å². The van der Waals surface area contributed by atoms with E-state index in [4.69, 9.17) is 4.74 Å². The molecule has 0 unspecified atom stereocenters. The smallest absolute Gasteiger partial charge is 0.236 e. The fourth-order valence-electron chi connectivity index (χ4n) is 1.41. The van der Waals surface area contributed by atoms with E-state index in [0.29, 0.717) is 12.3 Å². The zero-order chi connectivity index (χ0) is 11.5. The lowest BCUT2D eigenvalue weighted by molar-refractivity contribution is 0.388. The Hall–Kier alpha value is -1.43. The molecule has 0 fully saturated rings. The minimum atomic E-state index is 0.615. The first kappa shape index (κ1) is 11.1. The first-order valence-corrected chi connectivity index (χ1v) is 5.51. The number of hydrogen-bond acceptors (Lipinski definition) is 4. The van der Waals surface area contributed by atoms with Gasteiger partial charge in [-0.15, -0.1) is 5.10 Å². The number of aryl methyl sites for hydroxylation is 1. The number of methoxy groups -OCH3 is 1. The molecule has 2 aromatic rings. The lowest BCUT2D eigenvalue weighted by Crippen LogP contribution is -1.96. The molecule has 0 atom stereocenters. The number of nitrogens with zero attached hydrogens (tertiary/aromatic N) is 4. The van der Waals surface area contributed by atoms with Gasteiger partial charge in [0.15, 0.2) is 0 Å². The van der Waals surface area contributed by atoms with Crippen molar-refractivity contribution < 1.29 is 4.74 Å². The van der Waals surface area contributed by atoms with Crippen LogP contribution in [-0.4, -0.2) is 26.9 Å². The van der Waals surface area contributed by atoms with E-state index in [1.54, 1.807) is 24.2 Å². The van der Waals surface area contributed by atoms with E-state index < -0.39 is 0 Å². The number of aromatic nitrogens is 4. The maximum absolute atomic E-state index is 5.17. The van der Waals surface area contributed by atoms with Gasteiger partial charge in [0.1, 0.15) is 5.82 Å². The molecule has 0 radical (unpaired) electrons. The summed E-state index contributed by atoms with van der Waals surface area (Å²) in [5, 5.41) is 4.17. The minimum absolute atomic E-state index is 0.615. The van der Waals surface area contributed by atoms with E-state index in [1.165, 1.54) is 0 Å². The number of hydrogen-bond donors (Lipinski definition) is 0. The first-order valence-electron chi connectivity index (χ1n) is 4.72. The van der Waals surface area contributed by atoms with E-state index >= 15 is 0 Å². The van der Waals surface area contributed by atoms with E-state index in [1.807, 2.05) is 13.2 Å². The van der Waals surface area contributed by atoms with Gasteiger partial charge in [0.2, 0.25) is 5.88 Å². The first-order chi connectivity index (χ1) is 7.69. The van der Waals surface area contributed by atoms with Crippen molar-refractivity contribution in [1.29, 1.82) is 0 Å². The summed E-state index contributed by atoms with van der Waals surface area (Å²) in [4.78, 5) is 8.42. The van der Waals surface area contributed by atoms with Crippen LogP contribution in [0.5, 0.6) is 5.88 Å². The molecule has 5 nitrogen and oxygen atoms in total. The van der Waals surface area contributed by atoms with Crippen LogP contribution in [-0.2, 0) is 13.5 Å².